The molecular weight excluding hydrogens is 343 g/mol. The van der Waals surface area contributed by atoms with Gasteiger partial charge < -0.3 is 0 Å². The maximum Gasteiger partial charge on any atom is 0.125 e. The fourth-order valence-corrected chi connectivity index (χ4v) is 3.77. The quantitative estimate of drug-likeness (QED) is 0.537. The van der Waals surface area contributed by atoms with Crippen LogP contribution in [-0.4, -0.2) is 17.4 Å². The second-order valence-corrected chi connectivity index (χ2v) is 6.93. The average molecular weight is 371 g/mol. The van der Waals surface area contributed by atoms with Crippen molar-refractivity contribution in [3.05, 3.63) is 64.8 Å². The van der Waals surface area contributed by atoms with Crippen LogP contribution in [0.4, 0.5) is 4.39 Å². The Balaban J connectivity index is 0.00000117. The molecule has 0 amide bonds. The molecule has 2 unspecified atom stereocenters. The van der Waals surface area contributed by atoms with Crippen LogP contribution in [0.3, 0.4) is 0 Å². The van der Waals surface area contributed by atoms with Gasteiger partial charge in [0, 0.05) is 23.4 Å². The predicted molar refractivity (Wildman–Crippen MR) is 113 cm³/mol. The van der Waals surface area contributed by atoms with Crippen molar-refractivity contribution in [2.75, 3.05) is 0 Å². The van der Waals surface area contributed by atoms with Crippen molar-refractivity contribution in [2.45, 2.75) is 46.2 Å². The molecule has 0 fully saturated rings. The second-order valence-electron chi connectivity index (χ2n) is 6.07. The molecule has 0 N–H and O–H groups in total. The largest absolute Gasteiger partial charge is 0.264 e. The van der Waals surface area contributed by atoms with E-state index < -0.39 is 6.17 Å². The Hall–Kier alpha value is -2.07. The number of rotatable bonds is 3. The van der Waals surface area contributed by atoms with Gasteiger partial charge in [0.05, 0.1) is 5.69 Å². The lowest BCUT2D eigenvalue weighted by molar-refractivity contribution is 0.360. The molecule has 0 aromatic carbocycles. The number of thiazole rings is 1. The summed E-state index contributed by atoms with van der Waals surface area (Å²) in [5.41, 5.74) is 4.13. The third kappa shape index (κ3) is 5.21. The topological polar surface area (TPSA) is 25.2 Å². The van der Waals surface area contributed by atoms with E-state index in [1.54, 1.807) is 23.5 Å². The summed E-state index contributed by atoms with van der Waals surface area (Å²) in [5.74, 6) is 0.103. The second kappa shape index (κ2) is 10.2. The van der Waals surface area contributed by atoms with Crippen LogP contribution in [0.1, 0.15) is 50.7 Å². The maximum atomic E-state index is 14.3. The lowest BCUT2D eigenvalue weighted by Crippen LogP contribution is -2.06. The summed E-state index contributed by atoms with van der Waals surface area (Å²) >= 11 is 1.59. The van der Waals surface area contributed by atoms with Gasteiger partial charge in [0.25, 0.3) is 0 Å². The van der Waals surface area contributed by atoms with E-state index in [2.05, 4.69) is 24.6 Å². The molecule has 26 heavy (non-hydrogen) atoms. The van der Waals surface area contributed by atoms with E-state index >= 15 is 0 Å². The zero-order chi connectivity index (χ0) is 18.9. The van der Waals surface area contributed by atoms with Gasteiger partial charge in [-0.1, -0.05) is 43.7 Å². The van der Waals surface area contributed by atoms with Crippen LogP contribution in [0.5, 0.6) is 0 Å². The summed E-state index contributed by atoms with van der Waals surface area (Å²) in [6.45, 7) is 9.87. The molecular formula is C22H27FN2S. The zero-order valence-corrected chi connectivity index (χ0v) is 16.6. The summed E-state index contributed by atoms with van der Waals surface area (Å²) in [6, 6.07) is 0. The first-order valence-corrected chi connectivity index (χ1v) is 10.0. The Kier molecular flexibility index (Phi) is 7.92. The van der Waals surface area contributed by atoms with Crippen molar-refractivity contribution in [3.8, 4) is 0 Å². The summed E-state index contributed by atoms with van der Waals surface area (Å²) in [6.07, 6.45) is 14.4. The first-order chi connectivity index (χ1) is 12.7. The molecule has 2 nitrogen and oxygen atoms in total. The van der Waals surface area contributed by atoms with E-state index in [9.17, 15) is 4.39 Å². The van der Waals surface area contributed by atoms with Crippen LogP contribution in [0.2, 0.25) is 0 Å². The molecule has 0 saturated carbocycles. The van der Waals surface area contributed by atoms with Gasteiger partial charge in [-0.25, -0.2) is 9.37 Å². The van der Waals surface area contributed by atoms with Crippen LogP contribution in [0.15, 0.2) is 59.1 Å². The molecule has 3 rings (SSSR count). The van der Waals surface area contributed by atoms with Crippen molar-refractivity contribution in [1.82, 2.24) is 4.98 Å². The molecule has 1 aromatic heterocycles. The molecule has 2 aliphatic rings. The van der Waals surface area contributed by atoms with E-state index in [4.69, 9.17) is 4.98 Å². The summed E-state index contributed by atoms with van der Waals surface area (Å²) in [7, 11) is 0. The highest BCUT2D eigenvalue weighted by atomic mass is 32.1. The van der Waals surface area contributed by atoms with Gasteiger partial charge in [0.2, 0.25) is 0 Å². The Morgan fingerprint density at radius 2 is 2.08 bits per heavy atom. The monoisotopic (exact) mass is 370 g/mol. The summed E-state index contributed by atoms with van der Waals surface area (Å²) in [4.78, 5) is 9.01. The van der Waals surface area contributed by atoms with Gasteiger partial charge in [-0.3, -0.25) is 4.99 Å². The minimum atomic E-state index is -0.970. The maximum absolute atomic E-state index is 14.3. The number of halogens is 1. The number of hydrogen-bond donors (Lipinski definition) is 0. The Morgan fingerprint density at radius 3 is 2.85 bits per heavy atom. The number of allylic oxidation sites excluding steroid dienone is 8. The normalized spacial score (nSPS) is 25.9. The van der Waals surface area contributed by atoms with Gasteiger partial charge in [0.1, 0.15) is 11.2 Å². The van der Waals surface area contributed by atoms with E-state index in [0.717, 1.165) is 28.3 Å². The standard InChI is InChI=1S/C20H21FN2S.C2H6/c1-3-15-7-4-8-16(11-17(21)10-15)19-13-24-20(23-19)18-12-22-9-5-6-14(18)2;1-2/h3-5,7,9,11-13,15,17H,1,6,8,10H2,2H3;1-2H3/b7-4-,16-11+;. The third-order valence-corrected chi connectivity index (χ3v) is 5.12. The SMILES string of the molecule is C=CC1/C=C\C/C(c2csc(C3=C(C)CC=CN=C3)n2)=C\C(F)C1.CC. The molecule has 0 radical (unpaired) electrons. The van der Waals surface area contributed by atoms with Crippen LogP contribution in [0.25, 0.3) is 11.1 Å². The molecule has 0 spiro atoms. The van der Waals surface area contributed by atoms with Gasteiger partial charge in [-0.15, -0.1) is 17.9 Å². The van der Waals surface area contributed by atoms with Crippen LogP contribution in [0, 0.1) is 5.92 Å². The summed E-state index contributed by atoms with van der Waals surface area (Å²) < 4.78 is 14.3. The van der Waals surface area contributed by atoms with Gasteiger partial charge in [-0.05, 0) is 43.8 Å². The lowest BCUT2D eigenvalue weighted by atomic mass is 9.95. The minimum absolute atomic E-state index is 0.103. The number of aromatic nitrogens is 1. The van der Waals surface area contributed by atoms with E-state index in [1.165, 1.54) is 5.57 Å². The van der Waals surface area contributed by atoms with Crippen molar-refractivity contribution in [1.29, 1.82) is 0 Å². The highest BCUT2D eigenvalue weighted by molar-refractivity contribution is 7.11. The van der Waals surface area contributed by atoms with Crippen molar-refractivity contribution in [3.63, 3.8) is 0 Å². The Morgan fingerprint density at radius 1 is 1.27 bits per heavy atom. The first kappa shape index (κ1) is 20.2. The number of hydrogen-bond acceptors (Lipinski definition) is 3. The van der Waals surface area contributed by atoms with Gasteiger partial charge in [-0.2, -0.15) is 0 Å². The fraction of sp³-hybridized carbons (Fsp3) is 0.364. The molecule has 0 saturated heterocycles. The molecule has 1 aromatic rings. The van der Waals surface area contributed by atoms with Crippen molar-refractivity contribution < 1.29 is 4.39 Å². The van der Waals surface area contributed by atoms with Crippen molar-refractivity contribution >= 4 is 28.7 Å². The lowest BCUT2D eigenvalue weighted by Gasteiger charge is -2.14. The summed E-state index contributed by atoms with van der Waals surface area (Å²) in [5, 5.41) is 2.96. The number of alkyl halides is 1. The molecule has 2 atom stereocenters. The Bertz CT molecular complexity index is 765. The van der Waals surface area contributed by atoms with Gasteiger partial charge >= 0.3 is 0 Å². The number of nitrogens with zero attached hydrogens (tertiary/aromatic N) is 2. The molecule has 1 aliphatic carbocycles. The third-order valence-electron chi connectivity index (χ3n) is 4.25. The van der Waals surface area contributed by atoms with E-state index in [-0.39, 0.29) is 5.92 Å². The first-order valence-electron chi connectivity index (χ1n) is 9.15. The van der Waals surface area contributed by atoms with Crippen molar-refractivity contribution in [2.24, 2.45) is 10.9 Å². The molecule has 2 heterocycles. The van der Waals surface area contributed by atoms with Crippen LogP contribution in [-0.2, 0) is 0 Å². The average Bonchev–Trinajstić information content (AvgIpc) is 3.02. The smallest absolute Gasteiger partial charge is 0.125 e. The van der Waals surface area contributed by atoms with E-state index in [1.807, 2.05) is 43.8 Å². The van der Waals surface area contributed by atoms with Crippen LogP contribution < -0.4 is 0 Å². The van der Waals surface area contributed by atoms with E-state index in [0.29, 0.717) is 12.8 Å². The molecule has 4 heteroatoms. The predicted octanol–water partition coefficient (Wildman–Crippen LogP) is 6.80. The molecule has 138 valence electrons. The minimum Gasteiger partial charge on any atom is -0.264 e. The fourth-order valence-electron chi connectivity index (χ4n) is 2.84. The molecule has 1 aliphatic heterocycles. The highest BCUT2D eigenvalue weighted by Crippen LogP contribution is 2.30. The van der Waals surface area contributed by atoms with Gasteiger partial charge in [0.15, 0.2) is 0 Å². The Labute approximate surface area is 160 Å². The number of aliphatic imine (C=N–C) groups is 1. The van der Waals surface area contributed by atoms with Crippen LogP contribution >= 0.6 is 11.3 Å². The highest BCUT2D eigenvalue weighted by Gasteiger charge is 2.16. The molecule has 0 bridgehead atoms. The zero-order valence-electron chi connectivity index (χ0n) is 15.8.